The van der Waals surface area contributed by atoms with Gasteiger partial charge in [-0.15, -0.1) is 0 Å². The molecule has 3 saturated heterocycles. The van der Waals surface area contributed by atoms with E-state index in [1.165, 1.54) is 25.9 Å². The lowest BCUT2D eigenvalue weighted by atomic mass is 10.2. The molecular weight excluding hydrogens is 386 g/mol. The van der Waals surface area contributed by atoms with Crippen LogP contribution in [0.25, 0.3) is 0 Å². The van der Waals surface area contributed by atoms with Crippen molar-refractivity contribution in [2.75, 3.05) is 85.1 Å². The zero-order chi connectivity index (χ0) is 20.9. The fraction of sp³-hybridized carbons (Fsp3) is 0.905. The molecule has 1 saturated carbocycles. The van der Waals surface area contributed by atoms with Gasteiger partial charge in [-0.2, -0.15) is 0 Å². The Morgan fingerprint density at radius 2 is 1.53 bits per heavy atom. The number of piperazine rings is 2. The van der Waals surface area contributed by atoms with E-state index in [1.54, 1.807) is 0 Å². The summed E-state index contributed by atoms with van der Waals surface area (Å²) in [6.45, 7) is 12.4. The fourth-order valence-electron chi connectivity index (χ4n) is 4.84. The Bertz CT molecular complexity index is 586. The maximum absolute atomic E-state index is 12.3. The van der Waals surface area contributed by atoms with Crippen molar-refractivity contribution in [2.24, 2.45) is 0 Å². The average molecular weight is 424 g/mol. The van der Waals surface area contributed by atoms with Crippen molar-refractivity contribution in [3.05, 3.63) is 0 Å². The number of ether oxygens (including phenoxy) is 1. The molecule has 1 amide bonds. The molecule has 3 heterocycles. The molecule has 30 heavy (non-hydrogen) atoms. The molecule has 4 aliphatic rings. The van der Waals surface area contributed by atoms with Crippen LogP contribution in [-0.2, 0) is 9.53 Å². The van der Waals surface area contributed by atoms with Gasteiger partial charge in [0.05, 0.1) is 6.54 Å². The number of nitrogens with zero attached hydrogens (tertiary/aromatic N) is 5. The van der Waals surface area contributed by atoms with Gasteiger partial charge < -0.3 is 19.6 Å². The van der Waals surface area contributed by atoms with Gasteiger partial charge in [-0.25, -0.2) is 4.79 Å². The van der Waals surface area contributed by atoms with Crippen LogP contribution < -0.4 is 0 Å². The molecule has 1 unspecified atom stereocenters. The third kappa shape index (κ3) is 6.29. The average Bonchev–Trinajstić information content (AvgIpc) is 3.52. The predicted molar refractivity (Wildman–Crippen MR) is 113 cm³/mol. The number of hydrogen-bond acceptors (Lipinski definition) is 7. The Hall–Kier alpha value is -1.42. The molecule has 0 aromatic rings. The van der Waals surface area contributed by atoms with Crippen molar-refractivity contribution in [3.8, 4) is 0 Å². The summed E-state index contributed by atoms with van der Waals surface area (Å²) >= 11 is 0. The zero-order valence-corrected chi connectivity index (χ0v) is 18.1. The quantitative estimate of drug-likeness (QED) is 0.529. The molecule has 3 aliphatic heterocycles. The molecule has 1 aliphatic carbocycles. The molecule has 0 radical (unpaired) electrons. The highest BCUT2D eigenvalue weighted by atomic mass is 16.6. The zero-order valence-electron chi connectivity index (χ0n) is 18.1. The first-order chi connectivity index (χ1) is 14.6. The van der Waals surface area contributed by atoms with Crippen LogP contribution in [0.15, 0.2) is 0 Å². The maximum Gasteiger partial charge on any atom is 0.410 e. The molecule has 0 spiro atoms. The minimum atomic E-state index is -0.721. The lowest BCUT2D eigenvalue weighted by Crippen LogP contribution is -2.49. The largest absolute Gasteiger partial charge is 0.481 e. The third-order valence-electron chi connectivity index (χ3n) is 6.90. The van der Waals surface area contributed by atoms with Crippen LogP contribution in [-0.4, -0.2) is 139 Å². The van der Waals surface area contributed by atoms with Crippen LogP contribution in [0.1, 0.15) is 25.7 Å². The van der Waals surface area contributed by atoms with Gasteiger partial charge in [-0.05, 0) is 25.8 Å². The summed E-state index contributed by atoms with van der Waals surface area (Å²) in [7, 11) is 0. The number of aliphatic carboxylic acids is 1. The number of cyclic esters (lactones) is 1. The lowest BCUT2D eigenvalue weighted by Gasteiger charge is -2.35. The van der Waals surface area contributed by atoms with Crippen LogP contribution in [0.2, 0.25) is 0 Å². The molecule has 4 rings (SSSR count). The summed E-state index contributed by atoms with van der Waals surface area (Å²) in [6.07, 6.45) is 3.50. The number of carboxylic acids is 1. The van der Waals surface area contributed by atoms with Gasteiger partial charge in [0.15, 0.2) is 0 Å². The van der Waals surface area contributed by atoms with Crippen molar-refractivity contribution in [1.82, 2.24) is 24.5 Å². The van der Waals surface area contributed by atoms with Crippen LogP contribution >= 0.6 is 0 Å². The van der Waals surface area contributed by atoms with Crippen LogP contribution in [0.4, 0.5) is 4.79 Å². The maximum atomic E-state index is 12.3. The monoisotopic (exact) mass is 423 g/mol. The Balaban J connectivity index is 1.10. The van der Waals surface area contributed by atoms with Gasteiger partial charge in [0, 0.05) is 84.5 Å². The smallest absolute Gasteiger partial charge is 0.410 e. The lowest BCUT2D eigenvalue weighted by molar-refractivity contribution is -0.137. The summed E-state index contributed by atoms with van der Waals surface area (Å²) in [4.78, 5) is 34.6. The summed E-state index contributed by atoms with van der Waals surface area (Å²) in [5.41, 5.74) is 0. The van der Waals surface area contributed by atoms with E-state index in [-0.39, 0.29) is 18.6 Å². The molecule has 4 fully saturated rings. The minimum Gasteiger partial charge on any atom is -0.481 e. The van der Waals surface area contributed by atoms with E-state index in [1.807, 2.05) is 4.90 Å². The first-order valence-corrected chi connectivity index (χ1v) is 11.7. The Morgan fingerprint density at radius 3 is 2.20 bits per heavy atom. The van der Waals surface area contributed by atoms with Crippen LogP contribution in [0.5, 0.6) is 0 Å². The number of carbonyl (C=O) groups is 2. The first-order valence-electron chi connectivity index (χ1n) is 11.7. The van der Waals surface area contributed by atoms with Crippen molar-refractivity contribution in [1.29, 1.82) is 0 Å². The van der Waals surface area contributed by atoms with Gasteiger partial charge in [0.2, 0.25) is 0 Å². The highest BCUT2D eigenvalue weighted by Gasteiger charge is 2.34. The van der Waals surface area contributed by atoms with E-state index < -0.39 is 5.97 Å². The number of hydrogen-bond donors (Lipinski definition) is 1. The van der Waals surface area contributed by atoms with E-state index in [2.05, 4.69) is 19.6 Å². The van der Waals surface area contributed by atoms with Gasteiger partial charge in [0.1, 0.15) is 6.10 Å². The molecule has 1 N–H and O–H groups in total. The van der Waals surface area contributed by atoms with Crippen molar-refractivity contribution < 1.29 is 19.4 Å². The highest BCUT2D eigenvalue weighted by Crippen LogP contribution is 2.27. The van der Waals surface area contributed by atoms with Gasteiger partial charge in [-0.1, -0.05) is 0 Å². The first kappa shape index (κ1) is 21.8. The van der Waals surface area contributed by atoms with Crippen LogP contribution in [0.3, 0.4) is 0 Å². The molecule has 9 heteroatoms. The number of rotatable bonds is 10. The third-order valence-corrected chi connectivity index (χ3v) is 6.90. The summed E-state index contributed by atoms with van der Waals surface area (Å²) < 4.78 is 5.63. The SMILES string of the molecule is O=C(O)CCCN1CCN(CC2CN(CCN3CCN(C4CC4)CC3)C(=O)O2)CC1. The van der Waals surface area contributed by atoms with Gasteiger partial charge in [0.25, 0.3) is 0 Å². The number of amides is 1. The van der Waals surface area contributed by atoms with Crippen LogP contribution in [0, 0.1) is 0 Å². The Kier molecular flexibility index (Phi) is 7.45. The number of carbonyl (C=O) groups excluding carboxylic acids is 1. The van der Waals surface area contributed by atoms with E-state index in [0.29, 0.717) is 13.0 Å². The minimum absolute atomic E-state index is 0.0391. The van der Waals surface area contributed by atoms with E-state index >= 15 is 0 Å². The summed E-state index contributed by atoms with van der Waals surface area (Å²) in [6, 6.07) is 0.855. The molecule has 1 atom stereocenters. The highest BCUT2D eigenvalue weighted by molar-refractivity contribution is 5.69. The molecule has 9 nitrogen and oxygen atoms in total. The van der Waals surface area contributed by atoms with Gasteiger partial charge in [-0.3, -0.25) is 19.5 Å². The molecule has 0 aromatic heterocycles. The standard InChI is InChI=1S/C21H37N5O4/c27-20(28)2-1-5-22-6-8-24(9-7-22)16-19-17-26(21(29)30-19)15-12-23-10-13-25(14-11-23)18-3-4-18/h18-19H,1-17H2,(H,27,28). The molecule has 0 aromatic carbocycles. The van der Waals surface area contributed by atoms with Crippen molar-refractivity contribution in [3.63, 3.8) is 0 Å². The Morgan fingerprint density at radius 1 is 0.900 bits per heavy atom. The normalized spacial score (nSPS) is 27.5. The molecule has 0 bridgehead atoms. The second kappa shape index (κ2) is 10.3. The summed E-state index contributed by atoms with van der Waals surface area (Å²) in [5, 5.41) is 8.76. The number of carboxylic acid groups (broad SMARTS) is 1. The van der Waals surface area contributed by atoms with E-state index in [4.69, 9.17) is 9.84 Å². The molecule has 170 valence electrons. The summed E-state index contributed by atoms with van der Waals surface area (Å²) in [5.74, 6) is -0.721. The second-order valence-corrected chi connectivity index (χ2v) is 9.20. The molecular formula is C21H37N5O4. The predicted octanol–water partition coefficient (Wildman–Crippen LogP) is 0.0696. The van der Waals surface area contributed by atoms with E-state index in [0.717, 1.165) is 71.5 Å². The second-order valence-electron chi connectivity index (χ2n) is 9.20. The van der Waals surface area contributed by atoms with E-state index in [9.17, 15) is 9.59 Å². The van der Waals surface area contributed by atoms with Crippen molar-refractivity contribution in [2.45, 2.75) is 37.8 Å². The topological polar surface area (TPSA) is 79.8 Å². The fourth-order valence-corrected chi connectivity index (χ4v) is 4.84. The Labute approximate surface area is 179 Å². The van der Waals surface area contributed by atoms with Crippen molar-refractivity contribution >= 4 is 12.1 Å². The van der Waals surface area contributed by atoms with Gasteiger partial charge >= 0.3 is 12.1 Å².